The first kappa shape index (κ1) is 10.0. The Bertz CT molecular complexity index is 291. The van der Waals surface area contributed by atoms with Gasteiger partial charge in [-0.1, -0.05) is 41.5 Å². The second kappa shape index (κ2) is 4.24. The van der Waals surface area contributed by atoms with Crippen LogP contribution in [0, 0.1) is 6.92 Å². The minimum Gasteiger partial charge on any atom is -0.321 e. The first-order chi connectivity index (χ1) is 6.09. The average Bonchev–Trinajstić information content (AvgIpc) is 2.04. The van der Waals surface area contributed by atoms with Crippen LogP contribution in [0.2, 0.25) is 0 Å². The topological polar surface area (TPSA) is 26.0 Å². The second-order valence-electron chi connectivity index (χ2n) is 3.68. The molecule has 1 aromatic carbocycles. The Morgan fingerprint density at radius 2 is 1.77 bits per heavy atom. The summed E-state index contributed by atoms with van der Waals surface area (Å²) in [6.45, 7) is 6.21. The Hall–Kier alpha value is -1.08. The summed E-state index contributed by atoms with van der Waals surface area (Å²) in [5, 5.41) is 0. The number of aryl methyl sites for hydroxylation is 1. The van der Waals surface area contributed by atoms with E-state index in [1.54, 1.807) is 0 Å². The fourth-order valence-electron chi connectivity index (χ4n) is 1.24. The molecule has 1 atom stereocenters. The van der Waals surface area contributed by atoms with E-state index < -0.39 is 0 Å². The van der Waals surface area contributed by atoms with Gasteiger partial charge in [-0.15, -0.1) is 0 Å². The molecule has 2 N–H and O–H groups in total. The molecule has 0 amide bonds. The fourth-order valence-corrected chi connectivity index (χ4v) is 1.24. The third kappa shape index (κ3) is 3.03. The van der Waals surface area contributed by atoms with Gasteiger partial charge in [-0.3, -0.25) is 0 Å². The summed E-state index contributed by atoms with van der Waals surface area (Å²) < 4.78 is 0. The van der Waals surface area contributed by atoms with Crippen LogP contribution < -0.4 is 5.73 Å². The quantitative estimate of drug-likeness (QED) is 0.687. The summed E-state index contributed by atoms with van der Waals surface area (Å²) in [6, 6.07) is 8.38. The van der Waals surface area contributed by atoms with Crippen LogP contribution in [0.4, 0.5) is 0 Å². The van der Waals surface area contributed by atoms with Gasteiger partial charge in [0.2, 0.25) is 0 Å². The maximum absolute atomic E-state index is 5.97. The van der Waals surface area contributed by atoms with Gasteiger partial charge in [0.25, 0.3) is 0 Å². The molecule has 1 nitrogen and oxygen atoms in total. The van der Waals surface area contributed by atoms with Crippen LogP contribution >= 0.6 is 0 Å². The second-order valence-corrected chi connectivity index (χ2v) is 3.68. The van der Waals surface area contributed by atoms with Crippen molar-refractivity contribution in [1.29, 1.82) is 0 Å². The molecule has 1 heteroatoms. The molecule has 0 heterocycles. The molecular weight excluding hydrogens is 158 g/mol. The summed E-state index contributed by atoms with van der Waals surface area (Å²) in [6.07, 6.45) is 2.07. The molecule has 1 unspecified atom stereocenters. The number of hydrogen-bond acceptors (Lipinski definition) is 1. The van der Waals surface area contributed by atoms with E-state index in [2.05, 4.69) is 51.1 Å². The molecule has 0 aromatic heterocycles. The minimum absolute atomic E-state index is 0.0330. The SMILES string of the molecule is CC(C)=CC(N)c1ccc(C)cc1. The smallest absolute Gasteiger partial charge is 0.0483 e. The lowest BCUT2D eigenvalue weighted by atomic mass is 10.0. The van der Waals surface area contributed by atoms with Gasteiger partial charge in [0, 0.05) is 6.04 Å². The summed E-state index contributed by atoms with van der Waals surface area (Å²) in [5.74, 6) is 0. The van der Waals surface area contributed by atoms with Crippen LogP contribution in [0.1, 0.15) is 31.0 Å². The Balaban J connectivity index is 2.83. The number of hydrogen-bond donors (Lipinski definition) is 1. The highest BCUT2D eigenvalue weighted by Crippen LogP contribution is 2.13. The molecule has 0 saturated carbocycles. The highest BCUT2D eigenvalue weighted by atomic mass is 14.6. The van der Waals surface area contributed by atoms with Crippen molar-refractivity contribution in [1.82, 2.24) is 0 Å². The third-order valence-electron chi connectivity index (χ3n) is 1.98. The first-order valence-corrected chi connectivity index (χ1v) is 4.57. The van der Waals surface area contributed by atoms with Gasteiger partial charge in [-0.25, -0.2) is 0 Å². The van der Waals surface area contributed by atoms with Gasteiger partial charge >= 0.3 is 0 Å². The van der Waals surface area contributed by atoms with Crippen LogP contribution in [0.3, 0.4) is 0 Å². The Morgan fingerprint density at radius 3 is 2.23 bits per heavy atom. The molecule has 13 heavy (non-hydrogen) atoms. The van der Waals surface area contributed by atoms with E-state index in [0.29, 0.717) is 0 Å². The molecule has 0 radical (unpaired) electrons. The van der Waals surface area contributed by atoms with Crippen LogP contribution in [-0.4, -0.2) is 0 Å². The van der Waals surface area contributed by atoms with Crippen LogP contribution in [-0.2, 0) is 0 Å². The Kier molecular flexibility index (Phi) is 3.26. The van der Waals surface area contributed by atoms with Crippen molar-refractivity contribution in [3.8, 4) is 0 Å². The molecule has 1 aromatic rings. The van der Waals surface area contributed by atoms with Gasteiger partial charge in [0.15, 0.2) is 0 Å². The van der Waals surface area contributed by atoms with E-state index in [0.717, 1.165) is 0 Å². The monoisotopic (exact) mass is 175 g/mol. The molecule has 0 spiro atoms. The molecule has 0 aliphatic heterocycles. The first-order valence-electron chi connectivity index (χ1n) is 4.57. The molecular formula is C12H17N. The largest absolute Gasteiger partial charge is 0.321 e. The van der Waals surface area contributed by atoms with Gasteiger partial charge in [-0.2, -0.15) is 0 Å². The standard InChI is InChI=1S/C12H17N/c1-9(2)8-12(13)11-6-4-10(3)5-7-11/h4-8,12H,13H2,1-3H3. The van der Waals surface area contributed by atoms with Crippen molar-refractivity contribution in [3.05, 3.63) is 47.0 Å². The molecule has 1 rings (SSSR count). The van der Waals surface area contributed by atoms with Crippen molar-refractivity contribution in [2.24, 2.45) is 5.73 Å². The third-order valence-corrected chi connectivity index (χ3v) is 1.98. The van der Waals surface area contributed by atoms with Crippen LogP contribution in [0.15, 0.2) is 35.9 Å². The molecule has 0 bridgehead atoms. The predicted molar refractivity (Wildman–Crippen MR) is 57.5 cm³/mol. The van der Waals surface area contributed by atoms with Crippen molar-refractivity contribution < 1.29 is 0 Å². The normalized spacial score (nSPS) is 12.3. The van der Waals surface area contributed by atoms with E-state index in [1.807, 2.05) is 0 Å². The minimum atomic E-state index is 0.0330. The van der Waals surface area contributed by atoms with Gasteiger partial charge < -0.3 is 5.73 Å². The molecule has 0 aliphatic carbocycles. The van der Waals surface area contributed by atoms with Gasteiger partial charge in [0.05, 0.1) is 0 Å². The summed E-state index contributed by atoms with van der Waals surface area (Å²) in [7, 11) is 0. The molecule has 0 aliphatic rings. The van der Waals surface area contributed by atoms with E-state index >= 15 is 0 Å². The number of nitrogens with two attached hydrogens (primary N) is 1. The number of benzene rings is 1. The lowest BCUT2D eigenvalue weighted by Crippen LogP contribution is -2.07. The van der Waals surface area contributed by atoms with Crippen molar-refractivity contribution in [3.63, 3.8) is 0 Å². The van der Waals surface area contributed by atoms with Gasteiger partial charge in [0.1, 0.15) is 0 Å². The molecule has 70 valence electrons. The Morgan fingerprint density at radius 1 is 1.23 bits per heavy atom. The molecule has 0 fully saturated rings. The van der Waals surface area contributed by atoms with E-state index in [9.17, 15) is 0 Å². The van der Waals surface area contributed by atoms with E-state index in [4.69, 9.17) is 5.73 Å². The van der Waals surface area contributed by atoms with Crippen molar-refractivity contribution in [2.45, 2.75) is 26.8 Å². The van der Waals surface area contributed by atoms with Gasteiger partial charge in [-0.05, 0) is 26.3 Å². The van der Waals surface area contributed by atoms with Crippen molar-refractivity contribution in [2.75, 3.05) is 0 Å². The molecule has 0 saturated heterocycles. The number of allylic oxidation sites excluding steroid dienone is 1. The van der Waals surface area contributed by atoms with E-state index in [-0.39, 0.29) is 6.04 Å². The predicted octanol–water partition coefficient (Wildman–Crippen LogP) is 2.96. The van der Waals surface area contributed by atoms with Crippen LogP contribution in [0.5, 0.6) is 0 Å². The van der Waals surface area contributed by atoms with Crippen LogP contribution in [0.25, 0.3) is 0 Å². The number of rotatable bonds is 2. The maximum Gasteiger partial charge on any atom is 0.0483 e. The zero-order chi connectivity index (χ0) is 9.84. The zero-order valence-electron chi connectivity index (χ0n) is 8.54. The lowest BCUT2D eigenvalue weighted by molar-refractivity contribution is 0.898. The summed E-state index contributed by atoms with van der Waals surface area (Å²) >= 11 is 0. The zero-order valence-corrected chi connectivity index (χ0v) is 8.54. The lowest BCUT2D eigenvalue weighted by Gasteiger charge is -2.07. The summed E-state index contributed by atoms with van der Waals surface area (Å²) in [5.41, 5.74) is 9.67. The Labute approximate surface area is 80.3 Å². The van der Waals surface area contributed by atoms with Crippen molar-refractivity contribution >= 4 is 0 Å². The maximum atomic E-state index is 5.97. The summed E-state index contributed by atoms with van der Waals surface area (Å²) in [4.78, 5) is 0. The average molecular weight is 175 g/mol. The van der Waals surface area contributed by atoms with E-state index in [1.165, 1.54) is 16.7 Å². The highest BCUT2D eigenvalue weighted by molar-refractivity contribution is 5.27. The highest BCUT2D eigenvalue weighted by Gasteiger charge is 2.00. The fraction of sp³-hybridized carbons (Fsp3) is 0.333.